The molecule has 1 aliphatic heterocycles. The highest BCUT2D eigenvalue weighted by atomic mass is 16.5. The van der Waals surface area contributed by atoms with Crippen molar-refractivity contribution in [1.29, 1.82) is 0 Å². The lowest BCUT2D eigenvalue weighted by Gasteiger charge is -2.33. The van der Waals surface area contributed by atoms with Gasteiger partial charge in [-0.05, 0) is 31.1 Å². The third-order valence-corrected chi connectivity index (χ3v) is 6.89. The molecule has 4 N–H and O–H groups in total. The van der Waals surface area contributed by atoms with Crippen LogP contribution in [0.3, 0.4) is 0 Å². The van der Waals surface area contributed by atoms with E-state index in [9.17, 15) is 24.6 Å². The number of aliphatic hydroxyl groups excluding tert-OH is 2. The maximum atomic E-state index is 13.2. The summed E-state index contributed by atoms with van der Waals surface area (Å²) in [5.74, 6) is -0.740. The van der Waals surface area contributed by atoms with Crippen LogP contribution in [0.4, 0.5) is 0 Å². The quantitative estimate of drug-likeness (QED) is 0.222. The molecule has 0 aromatic heterocycles. The number of morpholine rings is 1. The molecule has 4 atom stereocenters. The predicted octanol–water partition coefficient (Wildman–Crippen LogP) is 1.69. The first-order chi connectivity index (χ1) is 17.2. The van der Waals surface area contributed by atoms with Gasteiger partial charge in [0.25, 0.3) is 0 Å². The topological polar surface area (TPSA) is 128 Å². The zero-order valence-corrected chi connectivity index (χ0v) is 21.9. The molecule has 9 nitrogen and oxygen atoms in total. The van der Waals surface area contributed by atoms with Crippen LogP contribution in [0.15, 0.2) is 24.8 Å². The lowest BCUT2D eigenvalue weighted by atomic mass is 9.82. The number of amides is 3. The second kappa shape index (κ2) is 15.8. The van der Waals surface area contributed by atoms with E-state index in [2.05, 4.69) is 17.2 Å². The van der Waals surface area contributed by atoms with Gasteiger partial charge in [0, 0.05) is 25.2 Å². The van der Waals surface area contributed by atoms with Crippen molar-refractivity contribution in [3.63, 3.8) is 0 Å². The molecule has 204 valence electrons. The number of ether oxygens (including phenoxy) is 1. The van der Waals surface area contributed by atoms with Crippen LogP contribution in [-0.4, -0.2) is 83.4 Å². The van der Waals surface area contributed by atoms with Crippen LogP contribution >= 0.6 is 0 Å². The van der Waals surface area contributed by atoms with Gasteiger partial charge in [0.05, 0.1) is 25.4 Å². The standard InChI is InChI=1S/C27H45N3O6/c1-4-8-21(28-24(32)11-12-25(33)30-13-15-36-16-14-30)27(35)29-22(18-20-9-6-5-7-10-20)26(34)23(31)17-19(2)3/h4,11-12,19-23,26,31,34H,1,5-10,13-18H2,2-3H3,(H,28,32)(H,29,35)/b12-11+/t21-,22-,23-,26+/m0/s1. The Morgan fingerprint density at radius 1 is 1.06 bits per heavy atom. The minimum Gasteiger partial charge on any atom is -0.390 e. The van der Waals surface area contributed by atoms with Crippen LogP contribution in [0.1, 0.15) is 65.2 Å². The number of nitrogens with zero attached hydrogens (tertiary/aromatic N) is 1. The molecule has 36 heavy (non-hydrogen) atoms. The fourth-order valence-corrected chi connectivity index (χ4v) is 4.89. The van der Waals surface area contributed by atoms with Crippen molar-refractivity contribution < 1.29 is 29.3 Å². The van der Waals surface area contributed by atoms with Crippen molar-refractivity contribution in [3.8, 4) is 0 Å². The number of aliphatic hydroxyl groups is 2. The van der Waals surface area contributed by atoms with Gasteiger partial charge in [0.2, 0.25) is 17.7 Å². The van der Waals surface area contributed by atoms with Crippen LogP contribution in [0.2, 0.25) is 0 Å². The minimum absolute atomic E-state index is 0.184. The Kier molecular flexibility index (Phi) is 13.2. The summed E-state index contributed by atoms with van der Waals surface area (Å²) < 4.78 is 5.23. The average molecular weight is 508 g/mol. The lowest BCUT2D eigenvalue weighted by Crippen LogP contribution is -2.55. The van der Waals surface area contributed by atoms with Crippen LogP contribution in [0, 0.1) is 11.8 Å². The fraction of sp³-hybridized carbons (Fsp3) is 0.741. The minimum atomic E-state index is -1.11. The highest BCUT2D eigenvalue weighted by Crippen LogP contribution is 2.29. The van der Waals surface area contributed by atoms with Crippen LogP contribution in [0.25, 0.3) is 0 Å². The second-order valence-corrected chi connectivity index (χ2v) is 10.4. The average Bonchev–Trinajstić information content (AvgIpc) is 2.86. The molecule has 1 saturated heterocycles. The highest BCUT2D eigenvalue weighted by Gasteiger charge is 2.32. The normalized spacial score (nSPS) is 20.5. The number of hydrogen-bond donors (Lipinski definition) is 4. The molecule has 2 fully saturated rings. The van der Waals surface area contributed by atoms with Gasteiger partial charge < -0.3 is 30.5 Å². The fourth-order valence-electron chi connectivity index (χ4n) is 4.89. The summed E-state index contributed by atoms with van der Waals surface area (Å²) in [5, 5.41) is 27.0. The van der Waals surface area contributed by atoms with Crippen molar-refractivity contribution in [1.82, 2.24) is 15.5 Å². The SMILES string of the molecule is C=CC[C@H](NC(=O)/C=C/C(=O)N1CCOCC1)C(=O)N[C@@H](CC1CCCCC1)[C@@H](O)[C@@H](O)CC(C)C. The molecule has 0 unspecified atom stereocenters. The Morgan fingerprint density at radius 3 is 2.33 bits per heavy atom. The van der Waals surface area contributed by atoms with E-state index in [-0.39, 0.29) is 18.2 Å². The maximum absolute atomic E-state index is 13.2. The van der Waals surface area contributed by atoms with Crippen LogP contribution in [-0.2, 0) is 19.1 Å². The molecule has 3 amide bonds. The van der Waals surface area contributed by atoms with E-state index >= 15 is 0 Å². The van der Waals surface area contributed by atoms with Crippen molar-refractivity contribution in [3.05, 3.63) is 24.8 Å². The van der Waals surface area contributed by atoms with Gasteiger partial charge in [0.1, 0.15) is 12.1 Å². The lowest BCUT2D eigenvalue weighted by molar-refractivity contribution is -0.130. The molecule has 1 saturated carbocycles. The summed E-state index contributed by atoms with van der Waals surface area (Å²) >= 11 is 0. The molecule has 0 spiro atoms. The molecule has 2 aliphatic rings. The third kappa shape index (κ3) is 10.4. The van der Waals surface area contributed by atoms with E-state index in [4.69, 9.17) is 4.74 Å². The van der Waals surface area contributed by atoms with Gasteiger partial charge in [0.15, 0.2) is 0 Å². The van der Waals surface area contributed by atoms with Crippen molar-refractivity contribution in [2.24, 2.45) is 11.8 Å². The Balaban J connectivity index is 2.02. The predicted molar refractivity (Wildman–Crippen MR) is 138 cm³/mol. The largest absolute Gasteiger partial charge is 0.390 e. The number of hydrogen-bond acceptors (Lipinski definition) is 6. The molecule has 1 heterocycles. The van der Waals surface area contributed by atoms with E-state index < -0.39 is 36.1 Å². The summed E-state index contributed by atoms with van der Waals surface area (Å²) in [6.07, 6.45) is 8.49. The van der Waals surface area contributed by atoms with E-state index in [1.807, 2.05) is 13.8 Å². The molecule has 0 bridgehead atoms. The monoisotopic (exact) mass is 507 g/mol. The van der Waals surface area contributed by atoms with Crippen molar-refractivity contribution in [2.45, 2.75) is 89.5 Å². The first kappa shape index (κ1) is 30.0. The first-order valence-electron chi connectivity index (χ1n) is 13.3. The van der Waals surface area contributed by atoms with Gasteiger partial charge in [-0.2, -0.15) is 0 Å². The van der Waals surface area contributed by atoms with Gasteiger partial charge in [-0.3, -0.25) is 14.4 Å². The Bertz CT molecular complexity index is 744. The van der Waals surface area contributed by atoms with E-state index in [1.54, 1.807) is 4.90 Å². The van der Waals surface area contributed by atoms with Gasteiger partial charge in [-0.15, -0.1) is 6.58 Å². The maximum Gasteiger partial charge on any atom is 0.246 e. The zero-order valence-electron chi connectivity index (χ0n) is 21.9. The van der Waals surface area contributed by atoms with Gasteiger partial charge >= 0.3 is 0 Å². The first-order valence-corrected chi connectivity index (χ1v) is 13.3. The Morgan fingerprint density at radius 2 is 1.72 bits per heavy atom. The van der Waals surface area contributed by atoms with E-state index in [0.29, 0.717) is 45.1 Å². The molecule has 0 radical (unpaired) electrons. The van der Waals surface area contributed by atoms with Crippen molar-refractivity contribution >= 4 is 17.7 Å². The van der Waals surface area contributed by atoms with E-state index in [0.717, 1.165) is 31.8 Å². The summed E-state index contributed by atoms with van der Waals surface area (Å²) in [7, 11) is 0. The van der Waals surface area contributed by atoms with Gasteiger partial charge in [-0.1, -0.05) is 52.0 Å². The zero-order chi connectivity index (χ0) is 26.5. The third-order valence-electron chi connectivity index (χ3n) is 6.89. The Labute approximate surface area is 215 Å². The molecule has 1 aliphatic carbocycles. The molecule has 0 aromatic carbocycles. The summed E-state index contributed by atoms with van der Waals surface area (Å²) in [5.41, 5.74) is 0. The number of carbonyl (C=O) groups is 3. The van der Waals surface area contributed by atoms with Crippen LogP contribution < -0.4 is 10.6 Å². The number of carbonyl (C=O) groups excluding carboxylic acids is 3. The molecular formula is C27H45N3O6. The Hall–Kier alpha value is -2.23. The highest BCUT2D eigenvalue weighted by molar-refractivity contribution is 5.98. The molecule has 9 heteroatoms. The van der Waals surface area contributed by atoms with Crippen molar-refractivity contribution in [2.75, 3.05) is 26.3 Å². The number of rotatable bonds is 13. The van der Waals surface area contributed by atoms with E-state index in [1.165, 1.54) is 18.6 Å². The molecule has 2 rings (SSSR count). The summed E-state index contributed by atoms with van der Waals surface area (Å²) in [4.78, 5) is 39.5. The van der Waals surface area contributed by atoms with Crippen LogP contribution in [0.5, 0.6) is 0 Å². The molecule has 0 aromatic rings. The second-order valence-electron chi connectivity index (χ2n) is 10.4. The summed E-state index contributed by atoms with van der Waals surface area (Å²) in [6.45, 7) is 9.50. The smallest absolute Gasteiger partial charge is 0.246 e. The molecular weight excluding hydrogens is 462 g/mol. The summed E-state index contributed by atoms with van der Waals surface area (Å²) in [6, 6.07) is -1.54. The number of nitrogens with one attached hydrogen (secondary N) is 2. The van der Waals surface area contributed by atoms with Gasteiger partial charge in [-0.25, -0.2) is 0 Å².